The number of carbonyl (C=O) groups is 1. The maximum atomic E-state index is 12.0. The van der Waals surface area contributed by atoms with Crippen molar-refractivity contribution >= 4 is 16.0 Å². The second kappa shape index (κ2) is 7.98. The van der Waals surface area contributed by atoms with Crippen molar-refractivity contribution < 1.29 is 18.3 Å². The van der Waals surface area contributed by atoms with Crippen LogP contribution in [0.1, 0.15) is 58.8 Å². The van der Waals surface area contributed by atoms with E-state index in [4.69, 9.17) is 5.11 Å². The summed E-state index contributed by atoms with van der Waals surface area (Å²) in [6, 6.07) is 0. The number of hydrogen-bond donors (Lipinski definition) is 2. The van der Waals surface area contributed by atoms with Crippen molar-refractivity contribution in [2.45, 2.75) is 64.0 Å². The average molecular weight is 305 g/mol. The molecule has 1 fully saturated rings. The summed E-state index contributed by atoms with van der Waals surface area (Å²) in [7, 11) is -3.18. The summed E-state index contributed by atoms with van der Waals surface area (Å²) in [6.45, 7) is 4.53. The van der Waals surface area contributed by atoms with Crippen LogP contribution in [0.15, 0.2) is 0 Å². The third-order valence-corrected chi connectivity index (χ3v) is 6.19. The van der Waals surface area contributed by atoms with Crippen molar-refractivity contribution in [3.05, 3.63) is 0 Å². The number of carboxylic acids is 1. The molecule has 1 saturated carbocycles. The van der Waals surface area contributed by atoms with E-state index in [2.05, 4.69) is 18.6 Å². The molecule has 0 spiro atoms. The molecule has 118 valence electrons. The monoisotopic (exact) mass is 305 g/mol. The first kappa shape index (κ1) is 17.4. The second-order valence-corrected chi connectivity index (χ2v) is 8.12. The molecule has 1 rings (SSSR count). The number of nitrogens with one attached hydrogen (secondary N) is 1. The Hall–Kier alpha value is -0.620. The topological polar surface area (TPSA) is 83.5 Å². The van der Waals surface area contributed by atoms with Crippen LogP contribution in [0.3, 0.4) is 0 Å². The van der Waals surface area contributed by atoms with Gasteiger partial charge < -0.3 is 5.11 Å². The Morgan fingerprint density at radius 3 is 2.35 bits per heavy atom. The Bertz CT molecular complexity index is 399. The number of hydrogen-bond acceptors (Lipinski definition) is 3. The molecule has 1 unspecified atom stereocenters. The highest BCUT2D eigenvalue weighted by Gasteiger charge is 2.28. The Morgan fingerprint density at radius 1 is 1.25 bits per heavy atom. The highest BCUT2D eigenvalue weighted by Crippen LogP contribution is 2.24. The molecular weight excluding hydrogens is 278 g/mol. The van der Waals surface area contributed by atoms with E-state index in [1.165, 1.54) is 0 Å². The zero-order chi connectivity index (χ0) is 15.2. The Morgan fingerprint density at radius 2 is 1.85 bits per heavy atom. The van der Waals surface area contributed by atoms with Gasteiger partial charge in [0.25, 0.3) is 0 Å². The van der Waals surface area contributed by atoms with Crippen molar-refractivity contribution in [2.75, 3.05) is 6.54 Å². The Balaban J connectivity index is 2.37. The third-order valence-electron chi connectivity index (χ3n) is 4.23. The maximum absolute atomic E-state index is 12.0. The Labute approximate surface area is 122 Å². The minimum Gasteiger partial charge on any atom is -0.481 e. The van der Waals surface area contributed by atoms with Gasteiger partial charge in [0.2, 0.25) is 10.0 Å². The van der Waals surface area contributed by atoms with Gasteiger partial charge >= 0.3 is 5.97 Å². The molecule has 1 atom stereocenters. The first-order chi connectivity index (χ1) is 9.33. The SMILES string of the molecule is CC(C)C(CCNS(=O)(=O)C1CCCC1)CCC(=O)O. The van der Waals surface area contributed by atoms with Gasteiger partial charge in [-0.05, 0) is 37.5 Å². The number of aliphatic carboxylic acids is 1. The fourth-order valence-electron chi connectivity index (χ4n) is 2.82. The summed E-state index contributed by atoms with van der Waals surface area (Å²) < 4.78 is 26.8. The van der Waals surface area contributed by atoms with Gasteiger partial charge in [-0.3, -0.25) is 4.79 Å². The normalized spacial score (nSPS) is 18.6. The van der Waals surface area contributed by atoms with Crippen LogP contribution in [0.25, 0.3) is 0 Å². The summed E-state index contributed by atoms with van der Waals surface area (Å²) in [5, 5.41) is 8.51. The van der Waals surface area contributed by atoms with Crippen molar-refractivity contribution in [3.8, 4) is 0 Å². The van der Waals surface area contributed by atoms with Crippen LogP contribution in [-0.2, 0) is 14.8 Å². The molecule has 0 aromatic rings. The average Bonchev–Trinajstić information content (AvgIpc) is 2.87. The first-order valence-corrected chi connectivity index (χ1v) is 9.08. The summed E-state index contributed by atoms with van der Waals surface area (Å²) in [5.74, 6) is -0.176. The highest BCUT2D eigenvalue weighted by atomic mass is 32.2. The van der Waals surface area contributed by atoms with Crippen LogP contribution in [0.5, 0.6) is 0 Å². The number of sulfonamides is 1. The van der Waals surface area contributed by atoms with Gasteiger partial charge in [-0.1, -0.05) is 26.7 Å². The second-order valence-electron chi connectivity index (χ2n) is 6.07. The minimum atomic E-state index is -3.18. The van der Waals surface area contributed by atoms with Crippen LogP contribution in [0.4, 0.5) is 0 Å². The van der Waals surface area contributed by atoms with Gasteiger partial charge in [0.1, 0.15) is 0 Å². The zero-order valence-corrected chi connectivity index (χ0v) is 13.3. The molecule has 1 aliphatic rings. The van der Waals surface area contributed by atoms with Crippen LogP contribution >= 0.6 is 0 Å². The quantitative estimate of drug-likeness (QED) is 0.685. The predicted molar refractivity (Wildman–Crippen MR) is 79.0 cm³/mol. The van der Waals surface area contributed by atoms with Gasteiger partial charge in [0.05, 0.1) is 5.25 Å². The van der Waals surface area contributed by atoms with Crippen molar-refractivity contribution in [1.82, 2.24) is 4.72 Å². The molecule has 0 aromatic carbocycles. The molecule has 0 aromatic heterocycles. The maximum Gasteiger partial charge on any atom is 0.303 e. The van der Waals surface area contributed by atoms with E-state index in [0.717, 1.165) is 25.7 Å². The third kappa shape index (κ3) is 5.79. The van der Waals surface area contributed by atoms with Crippen molar-refractivity contribution in [2.24, 2.45) is 11.8 Å². The van der Waals surface area contributed by atoms with Gasteiger partial charge in [0, 0.05) is 13.0 Å². The van der Waals surface area contributed by atoms with E-state index in [-0.39, 0.29) is 17.6 Å². The van der Waals surface area contributed by atoms with E-state index in [9.17, 15) is 13.2 Å². The molecule has 2 N–H and O–H groups in total. The molecule has 0 bridgehead atoms. The molecular formula is C14H27NO4S. The highest BCUT2D eigenvalue weighted by molar-refractivity contribution is 7.90. The lowest BCUT2D eigenvalue weighted by Gasteiger charge is -2.21. The molecule has 5 nitrogen and oxygen atoms in total. The van der Waals surface area contributed by atoms with Crippen LogP contribution in [-0.4, -0.2) is 31.3 Å². The largest absolute Gasteiger partial charge is 0.481 e. The predicted octanol–water partition coefficient (Wildman–Crippen LogP) is 2.38. The lowest BCUT2D eigenvalue weighted by Crippen LogP contribution is -2.34. The van der Waals surface area contributed by atoms with E-state index in [1.54, 1.807) is 0 Å². The van der Waals surface area contributed by atoms with Crippen LogP contribution in [0.2, 0.25) is 0 Å². The summed E-state index contributed by atoms with van der Waals surface area (Å²) in [6.07, 6.45) is 4.99. The van der Waals surface area contributed by atoms with Crippen LogP contribution in [0, 0.1) is 11.8 Å². The standard InChI is InChI=1S/C14H27NO4S/c1-11(2)12(7-8-14(16)17)9-10-15-20(18,19)13-5-3-4-6-13/h11-13,15H,3-10H2,1-2H3,(H,16,17). The van der Waals surface area contributed by atoms with Gasteiger partial charge in [-0.15, -0.1) is 0 Å². The molecule has 1 aliphatic carbocycles. The van der Waals surface area contributed by atoms with E-state index in [0.29, 0.717) is 25.3 Å². The summed E-state index contributed by atoms with van der Waals surface area (Å²) in [4.78, 5) is 10.6. The number of carboxylic acid groups (broad SMARTS) is 1. The number of rotatable bonds is 9. The fraction of sp³-hybridized carbons (Fsp3) is 0.929. The lowest BCUT2D eigenvalue weighted by atomic mass is 9.88. The van der Waals surface area contributed by atoms with Gasteiger partial charge in [-0.25, -0.2) is 13.1 Å². The molecule has 0 aliphatic heterocycles. The van der Waals surface area contributed by atoms with Crippen molar-refractivity contribution in [3.63, 3.8) is 0 Å². The van der Waals surface area contributed by atoms with E-state index in [1.807, 2.05) is 0 Å². The molecule has 0 heterocycles. The minimum absolute atomic E-state index is 0.151. The molecule has 0 saturated heterocycles. The van der Waals surface area contributed by atoms with E-state index >= 15 is 0 Å². The van der Waals surface area contributed by atoms with Gasteiger partial charge in [-0.2, -0.15) is 0 Å². The molecule has 6 heteroatoms. The lowest BCUT2D eigenvalue weighted by molar-refractivity contribution is -0.137. The zero-order valence-electron chi connectivity index (χ0n) is 12.5. The Kier molecular flexibility index (Phi) is 6.95. The molecule has 20 heavy (non-hydrogen) atoms. The van der Waals surface area contributed by atoms with E-state index < -0.39 is 16.0 Å². The van der Waals surface area contributed by atoms with Gasteiger partial charge in [0.15, 0.2) is 0 Å². The fourth-order valence-corrected chi connectivity index (χ4v) is 4.41. The molecule has 0 radical (unpaired) electrons. The summed E-state index contributed by atoms with van der Waals surface area (Å²) in [5.41, 5.74) is 0. The molecule has 0 amide bonds. The smallest absolute Gasteiger partial charge is 0.303 e. The first-order valence-electron chi connectivity index (χ1n) is 7.53. The van der Waals surface area contributed by atoms with Crippen LogP contribution < -0.4 is 4.72 Å². The summed E-state index contributed by atoms with van der Waals surface area (Å²) >= 11 is 0. The van der Waals surface area contributed by atoms with Crippen molar-refractivity contribution in [1.29, 1.82) is 0 Å².